The molecule has 1 saturated heterocycles. The van der Waals surface area contributed by atoms with Crippen molar-refractivity contribution >= 4 is 11.0 Å². The summed E-state index contributed by atoms with van der Waals surface area (Å²) in [5, 5.41) is 69.2. The van der Waals surface area contributed by atoms with Gasteiger partial charge >= 0.3 is 0 Å². The zero-order valence-electron chi connectivity index (χ0n) is 16.5. The highest BCUT2D eigenvalue weighted by Crippen LogP contribution is 2.38. The highest BCUT2D eigenvalue weighted by atomic mass is 16.7. The van der Waals surface area contributed by atoms with Crippen molar-refractivity contribution in [2.75, 3.05) is 0 Å². The van der Waals surface area contributed by atoms with Crippen molar-refractivity contribution in [1.82, 2.24) is 0 Å². The number of aliphatic hydroxyl groups excluding tert-OH is 3. The van der Waals surface area contributed by atoms with Crippen LogP contribution in [0.2, 0.25) is 0 Å². The van der Waals surface area contributed by atoms with Crippen molar-refractivity contribution in [3.8, 4) is 40.1 Å². The molecule has 170 valence electrons. The SMILES string of the molecule is CC(O)C1OC(Oc2cc(O)c3c(=O)c(O)c(-c4ccc(O)c(O)c4)oc3c2)C(O)C1O. The molecule has 4 rings (SSSR count). The highest BCUT2D eigenvalue weighted by Gasteiger charge is 2.46. The van der Waals surface area contributed by atoms with Crippen molar-refractivity contribution in [1.29, 1.82) is 0 Å². The van der Waals surface area contributed by atoms with Gasteiger partial charge in [-0.05, 0) is 25.1 Å². The maximum Gasteiger partial charge on any atom is 0.238 e. The van der Waals surface area contributed by atoms with Gasteiger partial charge in [0.2, 0.25) is 17.5 Å². The Labute approximate surface area is 179 Å². The second kappa shape index (κ2) is 7.88. The lowest BCUT2D eigenvalue weighted by Gasteiger charge is -2.18. The summed E-state index contributed by atoms with van der Waals surface area (Å²) in [6.45, 7) is 1.37. The number of hydrogen-bond donors (Lipinski definition) is 7. The summed E-state index contributed by atoms with van der Waals surface area (Å²) in [6, 6.07) is 5.72. The molecule has 1 aliphatic heterocycles. The van der Waals surface area contributed by atoms with E-state index in [0.29, 0.717) is 0 Å². The molecule has 7 N–H and O–H groups in total. The van der Waals surface area contributed by atoms with Gasteiger partial charge in [0.1, 0.15) is 40.8 Å². The van der Waals surface area contributed by atoms with Crippen LogP contribution in [-0.2, 0) is 4.74 Å². The zero-order valence-corrected chi connectivity index (χ0v) is 16.5. The van der Waals surface area contributed by atoms with Crippen LogP contribution < -0.4 is 10.2 Å². The van der Waals surface area contributed by atoms with Crippen molar-refractivity contribution < 1.29 is 49.6 Å². The molecule has 11 nitrogen and oxygen atoms in total. The molecule has 0 bridgehead atoms. The van der Waals surface area contributed by atoms with E-state index in [0.717, 1.165) is 18.2 Å². The van der Waals surface area contributed by atoms with Gasteiger partial charge in [0.05, 0.1) is 6.10 Å². The van der Waals surface area contributed by atoms with E-state index in [2.05, 4.69) is 0 Å². The molecule has 0 aliphatic carbocycles. The summed E-state index contributed by atoms with van der Waals surface area (Å²) in [5.74, 6) is -2.80. The molecule has 2 heterocycles. The Kier molecular flexibility index (Phi) is 5.34. The van der Waals surface area contributed by atoms with Crippen LogP contribution in [-0.4, -0.2) is 66.5 Å². The molecule has 5 atom stereocenters. The van der Waals surface area contributed by atoms with Crippen LogP contribution in [0, 0.1) is 0 Å². The number of rotatable bonds is 4. The number of aliphatic hydroxyl groups is 3. The van der Waals surface area contributed by atoms with Gasteiger partial charge in [-0.15, -0.1) is 0 Å². The second-order valence-corrected chi connectivity index (χ2v) is 7.44. The summed E-state index contributed by atoms with van der Waals surface area (Å²) in [7, 11) is 0. The lowest BCUT2D eigenvalue weighted by molar-refractivity contribution is -0.128. The first-order valence-electron chi connectivity index (χ1n) is 9.50. The molecular weight excluding hydrogens is 428 g/mol. The number of fused-ring (bicyclic) bond motifs is 1. The molecular formula is C21H20O11. The van der Waals surface area contributed by atoms with E-state index in [9.17, 15) is 40.5 Å². The normalized spacial score (nSPS) is 24.0. The maximum absolute atomic E-state index is 12.6. The molecule has 1 aromatic heterocycles. The van der Waals surface area contributed by atoms with E-state index in [1.54, 1.807) is 0 Å². The molecule has 32 heavy (non-hydrogen) atoms. The van der Waals surface area contributed by atoms with Gasteiger partial charge in [0, 0.05) is 17.7 Å². The first kappa shape index (κ1) is 21.7. The number of benzene rings is 2. The summed E-state index contributed by atoms with van der Waals surface area (Å²) >= 11 is 0. The minimum Gasteiger partial charge on any atom is -0.507 e. The molecule has 2 aromatic carbocycles. The summed E-state index contributed by atoms with van der Waals surface area (Å²) in [4.78, 5) is 12.6. The standard InChI is InChI=1S/C21H20O11/c1-7(22)19-17(28)18(29)21(32-19)30-9-5-12(25)14-13(6-9)31-20(16(27)15(14)26)8-2-3-10(23)11(24)4-8/h2-7,17-19,21-25,27-29H,1H3. The van der Waals surface area contributed by atoms with Gasteiger partial charge in [-0.1, -0.05) is 0 Å². The van der Waals surface area contributed by atoms with Crippen LogP contribution in [0.15, 0.2) is 39.5 Å². The lowest BCUT2D eigenvalue weighted by atomic mass is 10.1. The van der Waals surface area contributed by atoms with Gasteiger partial charge in [0.25, 0.3) is 0 Å². The lowest BCUT2D eigenvalue weighted by Crippen LogP contribution is -2.38. The van der Waals surface area contributed by atoms with Gasteiger partial charge in [-0.3, -0.25) is 4.79 Å². The number of phenols is 3. The molecule has 3 aromatic rings. The van der Waals surface area contributed by atoms with Gasteiger partial charge in [-0.2, -0.15) is 0 Å². The van der Waals surface area contributed by atoms with Crippen LogP contribution in [0.5, 0.6) is 28.7 Å². The minimum atomic E-state index is -1.50. The average molecular weight is 448 g/mol. The van der Waals surface area contributed by atoms with E-state index in [-0.39, 0.29) is 28.0 Å². The molecule has 5 unspecified atom stereocenters. The van der Waals surface area contributed by atoms with Gasteiger partial charge in [-0.25, -0.2) is 0 Å². The number of aromatic hydroxyl groups is 4. The summed E-state index contributed by atoms with van der Waals surface area (Å²) in [6.07, 6.45) is -6.51. The van der Waals surface area contributed by atoms with E-state index in [1.807, 2.05) is 0 Å². The smallest absolute Gasteiger partial charge is 0.238 e. The molecule has 0 saturated carbocycles. The van der Waals surface area contributed by atoms with Crippen LogP contribution >= 0.6 is 0 Å². The van der Waals surface area contributed by atoms with E-state index in [1.165, 1.54) is 19.1 Å². The third kappa shape index (κ3) is 3.56. The fraction of sp³-hybridized carbons (Fsp3) is 0.286. The maximum atomic E-state index is 12.6. The zero-order chi connectivity index (χ0) is 23.3. The van der Waals surface area contributed by atoms with Crippen molar-refractivity contribution in [2.45, 2.75) is 37.6 Å². The quantitative estimate of drug-likeness (QED) is 0.275. The Morgan fingerprint density at radius 3 is 2.31 bits per heavy atom. The summed E-state index contributed by atoms with van der Waals surface area (Å²) < 4.78 is 16.4. The Morgan fingerprint density at radius 2 is 1.69 bits per heavy atom. The topological polar surface area (TPSA) is 190 Å². The number of phenolic OH excluding ortho intramolecular Hbond substituents is 3. The first-order valence-corrected chi connectivity index (χ1v) is 9.50. The van der Waals surface area contributed by atoms with Crippen LogP contribution in [0.4, 0.5) is 0 Å². The predicted molar refractivity (Wildman–Crippen MR) is 108 cm³/mol. The fourth-order valence-electron chi connectivity index (χ4n) is 3.49. The van der Waals surface area contributed by atoms with Crippen LogP contribution in [0.1, 0.15) is 6.92 Å². The largest absolute Gasteiger partial charge is 0.507 e. The first-order chi connectivity index (χ1) is 15.1. The van der Waals surface area contributed by atoms with E-state index in [4.69, 9.17) is 13.9 Å². The molecule has 1 fully saturated rings. The third-order valence-corrected chi connectivity index (χ3v) is 5.15. The molecule has 0 radical (unpaired) electrons. The van der Waals surface area contributed by atoms with Crippen LogP contribution in [0.25, 0.3) is 22.3 Å². The molecule has 0 amide bonds. The minimum absolute atomic E-state index is 0.0695. The van der Waals surface area contributed by atoms with E-state index < -0.39 is 59.1 Å². The van der Waals surface area contributed by atoms with Crippen molar-refractivity contribution in [2.24, 2.45) is 0 Å². The van der Waals surface area contributed by atoms with Gasteiger partial charge in [0.15, 0.2) is 17.3 Å². The predicted octanol–water partition coefficient (Wildman–Crippen LogP) is 0.489. The monoisotopic (exact) mass is 448 g/mol. The Morgan fingerprint density at radius 1 is 0.969 bits per heavy atom. The van der Waals surface area contributed by atoms with Crippen molar-refractivity contribution in [3.63, 3.8) is 0 Å². The number of hydrogen-bond acceptors (Lipinski definition) is 11. The molecule has 1 aliphatic rings. The Balaban J connectivity index is 1.76. The Hall–Kier alpha value is -3.51. The van der Waals surface area contributed by atoms with Gasteiger partial charge < -0.3 is 49.6 Å². The van der Waals surface area contributed by atoms with Crippen LogP contribution in [0.3, 0.4) is 0 Å². The average Bonchev–Trinajstić information content (AvgIpc) is 3.01. The molecule has 11 heteroatoms. The third-order valence-electron chi connectivity index (χ3n) is 5.15. The van der Waals surface area contributed by atoms with Crippen molar-refractivity contribution in [3.05, 3.63) is 40.6 Å². The molecule has 0 spiro atoms. The summed E-state index contributed by atoms with van der Waals surface area (Å²) in [5.41, 5.74) is -1.09. The highest BCUT2D eigenvalue weighted by molar-refractivity contribution is 5.88. The second-order valence-electron chi connectivity index (χ2n) is 7.44. The Bertz CT molecular complexity index is 1230. The number of ether oxygens (including phenoxy) is 2. The van der Waals surface area contributed by atoms with E-state index >= 15 is 0 Å². The fourth-order valence-corrected chi connectivity index (χ4v) is 3.49.